The first-order chi connectivity index (χ1) is 13.0. The zero-order valence-corrected chi connectivity index (χ0v) is 15.4. The molecule has 5 nitrogen and oxygen atoms in total. The number of hydrogen-bond acceptors (Lipinski definition) is 3. The quantitative estimate of drug-likeness (QED) is 0.678. The minimum atomic E-state index is -0.369. The molecule has 5 heteroatoms. The Balaban J connectivity index is 1.77. The van der Waals surface area contributed by atoms with Gasteiger partial charge in [-0.25, -0.2) is 0 Å². The van der Waals surface area contributed by atoms with Crippen molar-refractivity contribution in [2.24, 2.45) is 0 Å². The third-order valence-electron chi connectivity index (χ3n) is 4.25. The number of aryl methyl sites for hydroxylation is 1. The summed E-state index contributed by atoms with van der Waals surface area (Å²) in [6.45, 7) is 3.47. The molecule has 2 aromatic carbocycles. The van der Waals surface area contributed by atoms with Crippen LogP contribution in [0.25, 0.3) is 0 Å². The fourth-order valence-electron chi connectivity index (χ4n) is 2.86. The second kappa shape index (κ2) is 8.36. The maximum atomic E-state index is 13.0. The van der Waals surface area contributed by atoms with Gasteiger partial charge in [0.05, 0.1) is 12.2 Å². The first-order valence-corrected chi connectivity index (χ1v) is 8.79. The second-order valence-corrected chi connectivity index (χ2v) is 6.49. The largest absolute Gasteiger partial charge is 0.469 e. The van der Waals surface area contributed by atoms with Crippen LogP contribution in [0, 0.1) is 6.92 Å². The summed E-state index contributed by atoms with van der Waals surface area (Å²) in [5, 5.41) is 5.66. The predicted molar refractivity (Wildman–Crippen MR) is 106 cm³/mol. The van der Waals surface area contributed by atoms with Crippen LogP contribution in [0.1, 0.15) is 29.7 Å². The van der Waals surface area contributed by atoms with Crippen molar-refractivity contribution in [1.82, 2.24) is 0 Å². The van der Waals surface area contributed by atoms with E-state index in [2.05, 4.69) is 10.6 Å². The number of carbonyl (C=O) groups is 2. The van der Waals surface area contributed by atoms with Gasteiger partial charge in [0.1, 0.15) is 5.76 Å². The van der Waals surface area contributed by atoms with Gasteiger partial charge in [0, 0.05) is 24.7 Å². The van der Waals surface area contributed by atoms with Gasteiger partial charge in [0.25, 0.3) is 0 Å². The fourth-order valence-corrected chi connectivity index (χ4v) is 2.86. The maximum absolute atomic E-state index is 13.0. The molecule has 0 saturated heterocycles. The van der Waals surface area contributed by atoms with Crippen LogP contribution in [0.3, 0.4) is 0 Å². The van der Waals surface area contributed by atoms with Gasteiger partial charge in [-0.05, 0) is 48.9 Å². The molecule has 0 aliphatic carbocycles. The highest BCUT2D eigenvalue weighted by atomic mass is 16.3. The molecule has 3 rings (SSSR count). The molecule has 0 saturated carbocycles. The molecule has 0 radical (unpaired) electrons. The number of carbonyl (C=O) groups excluding carboxylic acids is 2. The zero-order valence-electron chi connectivity index (χ0n) is 15.4. The number of anilines is 2. The number of furan rings is 1. The Morgan fingerprint density at radius 2 is 1.56 bits per heavy atom. The van der Waals surface area contributed by atoms with Gasteiger partial charge in [-0.3, -0.25) is 9.59 Å². The van der Waals surface area contributed by atoms with Gasteiger partial charge < -0.3 is 15.1 Å². The van der Waals surface area contributed by atoms with E-state index in [0.29, 0.717) is 17.8 Å². The summed E-state index contributed by atoms with van der Waals surface area (Å²) < 4.78 is 5.44. The average molecular weight is 362 g/mol. The fraction of sp³-hybridized carbons (Fsp3) is 0.182. The molecule has 2 amide bonds. The molecular weight excluding hydrogens is 340 g/mol. The van der Waals surface area contributed by atoms with Crippen LogP contribution < -0.4 is 10.6 Å². The third kappa shape index (κ3) is 5.07. The number of amides is 2. The van der Waals surface area contributed by atoms with Gasteiger partial charge in [-0.15, -0.1) is 0 Å². The van der Waals surface area contributed by atoms with Crippen LogP contribution in [-0.4, -0.2) is 11.8 Å². The molecule has 1 aromatic heterocycles. The van der Waals surface area contributed by atoms with E-state index in [1.54, 1.807) is 30.5 Å². The Labute approximate surface area is 158 Å². The molecule has 3 aromatic rings. The Morgan fingerprint density at radius 3 is 2.11 bits per heavy atom. The highest BCUT2D eigenvalue weighted by molar-refractivity contribution is 5.96. The molecule has 1 atom stereocenters. The van der Waals surface area contributed by atoms with Crippen molar-refractivity contribution in [3.8, 4) is 0 Å². The van der Waals surface area contributed by atoms with Gasteiger partial charge in [-0.1, -0.05) is 29.8 Å². The van der Waals surface area contributed by atoms with Crippen molar-refractivity contribution in [3.63, 3.8) is 0 Å². The number of rotatable bonds is 6. The first kappa shape index (κ1) is 18.5. The summed E-state index contributed by atoms with van der Waals surface area (Å²) in [5.41, 5.74) is 3.44. The monoisotopic (exact) mass is 362 g/mol. The molecule has 0 aliphatic rings. The molecule has 1 unspecified atom stereocenters. The Morgan fingerprint density at radius 1 is 0.926 bits per heavy atom. The normalized spacial score (nSPS) is 11.6. The van der Waals surface area contributed by atoms with Crippen LogP contribution >= 0.6 is 0 Å². The Kier molecular flexibility index (Phi) is 5.71. The molecule has 0 spiro atoms. The lowest BCUT2D eigenvalue weighted by Crippen LogP contribution is -2.23. The molecule has 0 aliphatic heterocycles. The molecule has 0 fully saturated rings. The zero-order chi connectivity index (χ0) is 19.2. The van der Waals surface area contributed by atoms with E-state index in [9.17, 15) is 9.59 Å². The number of benzene rings is 2. The van der Waals surface area contributed by atoms with Gasteiger partial charge >= 0.3 is 0 Å². The van der Waals surface area contributed by atoms with E-state index >= 15 is 0 Å². The molecule has 0 bridgehead atoms. The van der Waals surface area contributed by atoms with Gasteiger partial charge in [0.2, 0.25) is 11.8 Å². The van der Waals surface area contributed by atoms with Crippen LogP contribution in [-0.2, 0) is 16.0 Å². The average Bonchev–Trinajstić information content (AvgIpc) is 3.15. The lowest BCUT2D eigenvalue weighted by molar-refractivity contribution is -0.117. The van der Waals surface area contributed by atoms with Crippen molar-refractivity contribution in [3.05, 3.63) is 83.8 Å². The molecule has 2 N–H and O–H groups in total. The predicted octanol–water partition coefficient (Wildman–Crippen LogP) is 4.51. The molecule has 1 heterocycles. The highest BCUT2D eigenvalue weighted by Crippen LogP contribution is 2.24. The van der Waals surface area contributed by atoms with Crippen molar-refractivity contribution < 1.29 is 14.0 Å². The smallest absolute Gasteiger partial charge is 0.232 e. The van der Waals surface area contributed by atoms with Crippen molar-refractivity contribution in [2.45, 2.75) is 26.2 Å². The third-order valence-corrected chi connectivity index (χ3v) is 4.25. The number of hydrogen-bond donors (Lipinski definition) is 2. The van der Waals surface area contributed by atoms with E-state index in [1.807, 2.05) is 43.3 Å². The summed E-state index contributed by atoms with van der Waals surface area (Å²) in [5.74, 6) is 0.149. The van der Waals surface area contributed by atoms with Crippen molar-refractivity contribution in [1.29, 1.82) is 0 Å². The van der Waals surface area contributed by atoms with E-state index in [1.165, 1.54) is 6.92 Å². The maximum Gasteiger partial charge on any atom is 0.232 e. The summed E-state index contributed by atoms with van der Waals surface area (Å²) in [6, 6.07) is 18.7. The van der Waals surface area contributed by atoms with E-state index in [-0.39, 0.29) is 17.7 Å². The highest BCUT2D eigenvalue weighted by Gasteiger charge is 2.22. The summed E-state index contributed by atoms with van der Waals surface area (Å²) in [4.78, 5) is 24.1. The topological polar surface area (TPSA) is 71.3 Å². The minimum absolute atomic E-state index is 0.109. The summed E-state index contributed by atoms with van der Waals surface area (Å²) >= 11 is 0. The van der Waals surface area contributed by atoms with E-state index in [4.69, 9.17) is 4.42 Å². The van der Waals surface area contributed by atoms with Gasteiger partial charge in [0.15, 0.2) is 0 Å². The standard InChI is InChI=1S/C22H22N2O3/c1-15-5-7-17(8-6-15)21(14-20-4-3-13-27-20)22(26)24-19-11-9-18(10-12-19)23-16(2)25/h3-13,21H,14H2,1-2H3,(H,23,25)(H,24,26). The first-order valence-electron chi connectivity index (χ1n) is 8.79. The van der Waals surface area contributed by atoms with Crippen LogP contribution in [0.2, 0.25) is 0 Å². The van der Waals surface area contributed by atoms with E-state index in [0.717, 1.165) is 16.9 Å². The van der Waals surface area contributed by atoms with Gasteiger partial charge in [-0.2, -0.15) is 0 Å². The van der Waals surface area contributed by atoms with Crippen molar-refractivity contribution in [2.75, 3.05) is 10.6 Å². The Bertz CT molecular complexity index is 898. The molecule has 138 valence electrons. The minimum Gasteiger partial charge on any atom is -0.469 e. The molecular formula is C22H22N2O3. The van der Waals surface area contributed by atoms with Crippen molar-refractivity contribution >= 4 is 23.2 Å². The summed E-state index contributed by atoms with van der Waals surface area (Å²) in [7, 11) is 0. The second-order valence-electron chi connectivity index (χ2n) is 6.49. The Hall–Kier alpha value is -3.34. The number of nitrogens with one attached hydrogen (secondary N) is 2. The van der Waals surface area contributed by atoms with Crippen LogP contribution in [0.4, 0.5) is 11.4 Å². The molecule has 27 heavy (non-hydrogen) atoms. The van der Waals surface area contributed by atoms with Crippen LogP contribution in [0.5, 0.6) is 0 Å². The SMILES string of the molecule is CC(=O)Nc1ccc(NC(=O)C(Cc2ccco2)c2ccc(C)cc2)cc1. The van der Waals surface area contributed by atoms with E-state index < -0.39 is 0 Å². The summed E-state index contributed by atoms with van der Waals surface area (Å²) in [6.07, 6.45) is 2.09. The van der Waals surface area contributed by atoms with Crippen LogP contribution in [0.15, 0.2) is 71.3 Å². The lowest BCUT2D eigenvalue weighted by atomic mass is 9.93. The lowest BCUT2D eigenvalue weighted by Gasteiger charge is -2.17.